The van der Waals surface area contributed by atoms with Crippen LogP contribution in [0.1, 0.15) is 11.3 Å². The minimum Gasteiger partial charge on any atom is -0.444 e. The maximum Gasteiger partial charge on any atom is 0.236 e. The van der Waals surface area contributed by atoms with Crippen molar-refractivity contribution in [2.45, 2.75) is 13.0 Å². The molecule has 2 N–H and O–H groups in total. The maximum atomic E-state index is 12.0. The highest BCUT2D eigenvalue weighted by Crippen LogP contribution is 2.23. The molecule has 0 saturated heterocycles. The van der Waals surface area contributed by atoms with E-state index < -0.39 is 0 Å². The Kier molecular flexibility index (Phi) is 4.32. The van der Waals surface area contributed by atoms with Crippen molar-refractivity contribution in [1.29, 1.82) is 0 Å². The first-order chi connectivity index (χ1) is 10.7. The Morgan fingerprint density at radius 3 is 3.00 bits per heavy atom. The summed E-state index contributed by atoms with van der Waals surface area (Å²) in [7, 11) is 0. The number of aromatic nitrogens is 1. The number of aliphatic hydroxyl groups is 1. The van der Waals surface area contributed by atoms with Gasteiger partial charge >= 0.3 is 0 Å². The third kappa shape index (κ3) is 3.41. The van der Waals surface area contributed by atoms with Gasteiger partial charge in [0.1, 0.15) is 6.26 Å². The van der Waals surface area contributed by atoms with Crippen LogP contribution in [0.4, 0.5) is 5.69 Å². The number of thiophene rings is 1. The number of rotatable bonds is 5. The number of hydrogen-bond donors (Lipinski definition) is 2. The van der Waals surface area contributed by atoms with E-state index in [2.05, 4.69) is 10.3 Å². The topological polar surface area (TPSA) is 75.4 Å². The molecule has 1 aromatic carbocycles. The minimum absolute atomic E-state index is 0.0584. The highest BCUT2D eigenvalue weighted by atomic mass is 32.1. The van der Waals surface area contributed by atoms with Crippen LogP contribution in [-0.2, 0) is 17.8 Å². The van der Waals surface area contributed by atoms with E-state index >= 15 is 0 Å². The molecule has 0 radical (unpaired) electrons. The third-order valence-electron chi connectivity index (χ3n) is 3.02. The normalized spacial score (nSPS) is 10.6. The monoisotopic (exact) mass is 314 g/mol. The Morgan fingerprint density at radius 2 is 2.23 bits per heavy atom. The quantitative estimate of drug-likeness (QED) is 0.759. The van der Waals surface area contributed by atoms with E-state index in [0.717, 1.165) is 10.4 Å². The van der Waals surface area contributed by atoms with Crippen LogP contribution in [0.3, 0.4) is 0 Å². The molecule has 0 spiro atoms. The zero-order valence-corrected chi connectivity index (χ0v) is 12.5. The van der Waals surface area contributed by atoms with Gasteiger partial charge in [0.05, 0.1) is 23.6 Å². The average Bonchev–Trinajstić information content (AvgIpc) is 3.18. The van der Waals surface area contributed by atoms with E-state index in [4.69, 9.17) is 9.52 Å². The molecule has 0 saturated carbocycles. The fraction of sp³-hybridized carbons (Fsp3) is 0.125. The lowest BCUT2D eigenvalue weighted by atomic mass is 10.2. The van der Waals surface area contributed by atoms with Crippen LogP contribution in [-0.4, -0.2) is 16.0 Å². The summed E-state index contributed by atoms with van der Waals surface area (Å²) < 4.78 is 5.38. The zero-order chi connectivity index (χ0) is 15.4. The van der Waals surface area contributed by atoms with Crippen LogP contribution in [0.15, 0.2) is 52.5 Å². The van der Waals surface area contributed by atoms with E-state index in [9.17, 15) is 4.79 Å². The van der Waals surface area contributed by atoms with E-state index in [1.165, 1.54) is 17.6 Å². The molecule has 0 aliphatic carbocycles. The summed E-state index contributed by atoms with van der Waals surface area (Å²) in [6, 6.07) is 10.9. The van der Waals surface area contributed by atoms with Crippen molar-refractivity contribution in [2.24, 2.45) is 0 Å². The van der Waals surface area contributed by atoms with Crippen molar-refractivity contribution in [3.63, 3.8) is 0 Å². The Hall–Kier alpha value is -2.44. The molecule has 1 amide bonds. The maximum absolute atomic E-state index is 12.0. The third-order valence-corrected chi connectivity index (χ3v) is 3.88. The molecule has 2 aromatic heterocycles. The summed E-state index contributed by atoms with van der Waals surface area (Å²) >= 11 is 1.53. The summed E-state index contributed by atoms with van der Waals surface area (Å²) in [5.74, 6) is 0.348. The zero-order valence-electron chi connectivity index (χ0n) is 11.7. The van der Waals surface area contributed by atoms with Gasteiger partial charge in [-0.05, 0) is 29.1 Å². The predicted molar refractivity (Wildman–Crippen MR) is 84.5 cm³/mol. The number of oxazole rings is 1. The number of nitrogens with one attached hydrogen (secondary N) is 1. The van der Waals surface area contributed by atoms with Crippen LogP contribution in [0.25, 0.3) is 10.8 Å². The molecule has 3 aromatic rings. The number of nitrogens with zero attached hydrogens (tertiary/aromatic N) is 1. The standard InChI is InChI=1S/C16H14N2O3S/c19-9-11-3-1-4-12(7-11)17-15(20)8-13-10-21-16(18-13)14-5-2-6-22-14/h1-7,10,19H,8-9H2,(H,17,20). The lowest BCUT2D eigenvalue weighted by Crippen LogP contribution is -2.14. The van der Waals surface area contributed by atoms with Gasteiger partial charge in [0.2, 0.25) is 11.8 Å². The first-order valence-corrected chi connectivity index (χ1v) is 7.60. The number of benzene rings is 1. The van der Waals surface area contributed by atoms with Gasteiger partial charge in [0.15, 0.2) is 0 Å². The smallest absolute Gasteiger partial charge is 0.236 e. The molecule has 3 rings (SSSR count). The number of hydrogen-bond acceptors (Lipinski definition) is 5. The molecule has 6 heteroatoms. The van der Waals surface area contributed by atoms with Crippen LogP contribution in [0, 0.1) is 0 Å². The summed E-state index contributed by atoms with van der Waals surface area (Å²) in [6.45, 7) is -0.0584. The molecule has 22 heavy (non-hydrogen) atoms. The van der Waals surface area contributed by atoms with Gasteiger partial charge in [0, 0.05) is 5.69 Å². The van der Waals surface area contributed by atoms with Gasteiger partial charge in [-0.25, -0.2) is 4.98 Å². The van der Waals surface area contributed by atoms with Crippen molar-refractivity contribution in [3.8, 4) is 10.8 Å². The lowest BCUT2D eigenvalue weighted by molar-refractivity contribution is -0.115. The highest BCUT2D eigenvalue weighted by Gasteiger charge is 2.11. The van der Waals surface area contributed by atoms with Crippen LogP contribution < -0.4 is 5.32 Å². The average molecular weight is 314 g/mol. The molecule has 0 aliphatic rings. The van der Waals surface area contributed by atoms with Gasteiger partial charge in [0.25, 0.3) is 0 Å². The second-order valence-corrected chi connectivity index (χ2v) is 5.65. The Morgan fingerprint density at radius 1 is 1.32 bits per heavy atom. The van der Waals surface area contributed by atoms with Crippen molar-refractivity contribution in [3.05, 3.63) is 59.3 Å². The molecule has 2 heterocycles. The van der Waals surface area contributed by atoms with Gasteiger partial charge in [-0.1, -0.05) is 18.2 Å². The second-order valence-electron chi connectivity index (χ2n) is 4.70. The molecule has 0 aliphatic heterocycles. The summed E-state index contributed by atoms with van der Waals surface area (Å²) in [6.07, 6.45) is 1.64. The number of anilines is 1. The molecular formula is C16H14N2O3S. The fourth-order valence-corrected chi connectivity index (χ4v) is 2.67. The Bertz CT molecular complexity index is 765. The Labute approximate surface area is 131 Å². The van der Waals surface area contributed by atoms with Crippen LogP contribution in [0.2, 0.25) is 0 Å². The number of carbonyl (C=O) groups excluding carboxylic acids is 1. The van der Waals surface area contributed by atoms with Gasteiger partial charge in [-0.15, -0.1) is 11.3 Å². The van der Waals surface area contributed by atoms with E-state index in [1.54, 1.807) is 24.3 Å². The molecule has 5 nitrogen and oxygen atoms in total. The van der Waals surface area contributed by atoms with Gasteiger partial charge in [-0.2, -0.15) is 0 Å². The number of amides is 1. The largest absolute Gasteiger partial charge is 0.444 e. The predicted octanol–water partition coefficient (Wildman–Crippen LogP) is 3.08. The van der Waals surface area contributed by atoms with Crippen molar-refractivity contribution in [1.82, 2.24) is 4.98 Å². The molecule has 0 atom stereocenters. The van der Waals surface area contributed by atoms with Crippen molar-refractivity contribution >= 4 is 22.9 Å². The fourth-order valence-electron chi connectivity index (χ4n) is 2.02. The van der Waals surface area contributed by atoms with Gasteiger partial charge in [-0.3, -0.25) is 4.79 Å². The van der Waals surface area contributed by atoms with Crippen LogP contribution >= 0.6 is 11.3 Å². The molecule has 0 fully saturated rings. The minimum atomic E-state index is -0.180. The van der Waals surface area contributed by atoms with E-state index in [-0.39, 0.29) is 18.9 Å². The summed E-state index contributed by atoms with van der Waals surface area (Å²) in [4.78, 5) is 17.3. The first-order valence-electron chi connectivity index (χ1n) is 6.72. The molecule has 0 bridgehead atoms. The van der Waals surface area contributed by atoms with E-state index in [0.29, 0.717) is 17.3 Å². The number of carbonyl (C=O) groups is 1. The Balaban J connectivity index is 1.64. The van der Waals surface area contributed by atoms with Crippen LogP contribution in [0.5, 0.6) is 0 Å². The SMILES string of the molecule is O=C(Cc1coc(-c2cccs2)n1)Nc1cccc(CO)c1. The first kappa shape index (κ1) is 14.5. The van der Waals surface area contributed by atoms with Crippen molar-refractivity contribution in [2.75, 3.05) is 5.32 Å². The molecular weight excluding hydrogens is 300 g/mol. The van der Waals surface area contributed by atoms with Gasteiger partial charge < -0.3 is 14.8 Å². The molecule has 112 valence electrons. The summed E-state index contributed by atoms with van der Waals surface area (Å²) in [5.41, 5.74) is 1.98. The molecule has 0 unspecified atom stereocenters. The summed E-state index contributed by atoms with van der Waals surface area (Å²) in [5, 5.41) is 13.8. The highest BCUT2D eigenvalue weighted by molar-refractivity contribution is 7.13. The van der Waals surface area contributed by atoms with Crippen molar-refractivity contribution < 1.29 is 14.3 Å². The second kappa shape index (κ2) is 6.55. The number of aliphatic hydroxyl groups excluding tert-OH is 1. The van der Waals surface area contributed by atoms with E-state index in [1.807, 2.05) is 17.5 Å². The lowest BCUT2D eigenvalue weighted by Gasteiger charge is -2.05.